The van der Waals surface area contributed by atoms with Gasteiger partial charge in [-0.15, -0.1) is 0 Å². The molecule has 0 spiro atoms. The average Bonchev–Trinajstić information content (AvgIpc) is 3.04. The lowest BCUT2D eigenvalue weighted by molar-refractivity contribution is 0.112. The number of ether oxygens (including phenoxy) is 1. The maximum Gasteiger partial charge on any atom is 0.530 e. The van der Waals surface area contributed by atoms with Gasteiger partial charge in [0, 0.05) is 6.54 Å². The summed E-state index contributed by atoms with van der Waals surface area (Å²) >= 11 is 0. The van der Waals surface area contributed by atoms with Crippen molar-refractivity contribution in [1.29, 1.82) is 0 Å². The molecule has 1 atom stereocenters. The van der Waals surface area contributed by atoms with Gasteiger partial charge in [0.2, 0.25) is 0 Å². The van der Waals surface area contributed by atoms with Gasteiger partial charge in [-0.05, 0) is 60.3 Å². The van der Waals surface area contributed by atoms with Crippen LogP contribution in [0.5, 0.6) is 11.5 Å². The second-order valence-corrected chi connectivity index (χ2v) is 11.9. The number of aliphatic hydroxyl groups is 1. The molecule has 0 aliphatic carbocycles. The lowest BCUT2D eigenvalue weighted by Gasteiger charge is -2.25. The van der Waals surface area contributed by atoms with Gasteiger partial charge in [-0.2, -0.15) is 0 Å². The van der Waals surface area contributed by atoms with Crippen LogP contribution in [-0.4, -0.2) is 29.6 Å². The smallest absolute Gasteiger partial charge is 0.485 e. The first-order valence-corrected chi connectivity index (χ1v) is 16.3. The van der Waals surface area contributed by atoms with Gasteiger partial charge in [-0.1, -0.05) is 111 Å². The molecule has 0 radical (unpaired) electrons. The SMILES string of the molecule is CCCN(CCC)CC(O)c1ccc(OP(=O)(OCc2ccccc2)OCc2ccccc2)c(OCc2ccccc2)c1. The third-order valence-corrected chi connectivity index (χ3v) is 8.09. The highest BCUT2D eigenvalue weighted by Crippen LogP contribution is 2.53. The van der Waals surface area contributed by atoms with Crippen LogP contribution in [0.3, 0.4) is 0 Å². The van der Waals surface area contributed by atoms with E-state index in [2.05, 4.69) is 18.7 Å². The van der Waals surface area contributed by atoms with Crippen molar-refractivity contribution in [3.05, 3.63) is 131 Å². The van der Waals surface area contributed by atoms with Gasteiger partial charge in [0.25, 0.3) is 0 Å². The molecule has 43 heavy (non-hydrogen) atoms. The predicted octanol–water partition coefficient (Wildman–Crippen LogP) is 8.34. The molecular formula is C35H42NO6P. The van der Waals surface area contributed by atoms with Crippen molar-refractivity contribution in [2.75, 3.05) is 19.6 Å². The van der Waals surface area contributed by atoms with E-state index in [1.807, 2.05) is 91.0 Å². The number of nitrogens with zero attached hydrogens (tertiary/aromatic N) is 1. The second-order valence-electron chi connectivity index (χ2n) is 10.4. The summed E-state index contributed by atoms with van der Waals surface area (Å²) < 4.78 is 38.0. The van der Waals surface area contributed by atoms with Crippen LogP contribution >= 0.6 is 7.82 Å². The Bertz CT molecular complexity index is 1350. The Morgan fingerprint density at radius 3 is 1.65 bits per heavy atom. The number of hydrogen-bond acceptors (Lipinski definition) is 7. The van der Waals surface area contributed by atoms with Gasteiger partial charge in [0.15, 0.2) is 11.5 Å². The van der Waals surface area contributed by atoms with E-state index in [1.54, 1.807) is 18.2 Å². The van der Waals surface area contributed by atoms with Gasteiger partial charge < -0.3 is 19.3 Å². The maximum absolute atomic E-state index is 14.1. The zero-order chi connectivity index (χ0) is 30.3. The van der Waals surface area contributed by atoms with Crippen molar-refractivity contribution in [1.82, 2.24) is 4.90 Å². The molecule has 1 N–H and O–H groups in total. The highest BCUT2D eigenvalue weighted by Gasteiger charge is 2.31. The van der Waals surface area contributed by atoms with Crippen molar-refractivity contribution in [2.45, 2.75) is 52.6 Å². The van der Waals surface area contributed by atoms with E-state index in [4.69, 9.17) is 18.3 Å². The minimum atomic E-state index is -4.12. The largest absolute Gasteiger partial charge is 0.530 e. The fraction of sp³-hybridized carbons (Fsp3) is 0.314. The van der Waals surface area contributed by atoms with E-state index in [9.17, 15) is 9.67 Å². The van der Waals surface area contributed by atoms with E-state index in [0.29, 0.717) is 17.9 Å². The lowest BCUT2D eigenvalue weighted by Crippen LogP contribution is -2.30. The Morgan fingerprint density at radius 2 is 1.16 bits per heavy atom. The molecule has 7 nitrogen and oxygen atoms in total. The molecule has 4 aromatic rings. The lowest BCUT2D eigenvalue weighted by atomic mass is 10.1. The Balaban J connectivity index is 1.60. The first-order valence-electron chi connectivity index (χ1n) is 14.9. The number of benzene rings is 4. The molecule has 0 aromatic heterocycles. The summed E-state index contributed by atoms with van der Waals surface area (Å²) in [5.41, 5.74) is 3.30. The fourth-order valence-electron chi connectivity index (χ4n) is 4.60. The number of aliphatic hydroxyl groups excluding tert-OH is 1. The maximum atomic E-state index is 14.1. The van der Waals surface area contributed by atoms with Gasteiger partial charge in [0.1, 0.15) is 6.61 Å². The summed E-state index contributed by atoms with van der Waals surface area (Å²) in [7, 11) is -4.12. The molecule has 0 aliphatic rings. The van der Waals surface area contributed by atoms with Gasteiger partial charge in [0.05, 0.1) is 19.3 Å². The summed E-state index contributed by atoms with van der Waals surface area (Å²) in [6.07, 6.45) is 1.28. The van der Waals surface area contributed by atoms with Gasteiger partial charge in [-0.25, -0.2) is 4.57 Å². The van der Waals surface area contributed by atoms with E-state index < -0.39 is 13.9 Å². The van der Waals surface area contributed by atoms with E-state index >= 15 is 0 Å². The number of phosphoric ester groups is 1. The second kappa shape index (κ2) is 17.0. The molecule has 4 rings (SSSR count). The number of phosphoric acid groups is 1. The topological polar surface area (TPSA) is 77.5 Å². The fourth-order valence-corrected chi connectivity index (χ4v) is 5.78. The first-order chi connectivity index (χ1) is 21.0. The molecule has 8 heteroatoms. The molecule has 4 aromatic carbocycles. The van der Waals surface area contributed by atoms with Crippen molar-refractivity contribution in [3.8, 4) is 11.5 Å². The number of hydrogen-bond donors (Lipinski definition) is 1. The average molecular weight is 604 g/mol. The molecule has 0 fully saturated rings. The van der Waals surface area contributed by atoms with Crippen LogP contribution < -0.4 is 9.26 Å². The Morgan fingerprint density at radius 1 is 0.674 bits per heavy atom. The molecule has 0 bridgehead atoms. The Hall–Kier alpha value is -3.45. The molecule has 0 aliphatic heterocycles. The van der Waals surface area contributed by atoms with Gasteiger partial charge in [-0.3, -0.25) is 9.05 Å². The summed E-state index contributed by atoms with van der Waals surface area (Å²) in [4.78, 5) is 2.25. The van der Waals surface area contributed by atoms with E-state index in [1.165, 1.54) is 0 Å². The normalized spacial score (nSPS) is 12.3. The summed E-state index contributed by atoms with van der Waals surface area (Å²) in [6, 6.07) is 33.8. The first kappa shape index (κ1) is 32.5. The van der Waals surface area contributed by atoms with Crippen LogP contribution in [0.15, 0.2) is 109 Å². The van der Waals surface area contributed by atoms with Gasteiger partial charge >= 0.3 is 7.82 Å². The van der Waals surface area contributed by atoms with Crippen LogP contribution in [0, 0.1) is 0 Å². The molecule has 0 saturated carbocycles. The van der Waals surface area contributed by atoms with Crippen LogP contribution in [0.4, 0.5) is 0 Å². The molecule has 0 amide bonds. The summed E-state index contributed by atoms with van der Waals surface area (Å²) in [6.45, 7) is 6.91. The van der Waals surface area contributed by atoms with E-state index in [-0.39, 0.29) is 25.6 Å². The molecular weight excluding hydrogens is 561 g/mol. The molecule has 0 heterocycles. The number of rotatable bonds is 18. The minimum Gasteiger partial charge on any atom is -0.485 e. The van der Waals surface area contributed by atoms with Crippen LogP contribution in [0.1, 0.15) is 55.0 Å². The van der Waals surface area contributed by atoms with Crippen LogP contribution in [0.2, 0.25) is 0 Å². The zero-order valence-electron chi connectivity index (χ0n) is 25.0. The third kappa shape index (κ3) is 10.6. The van der Waals surface area contributed by atoms with Crippen LogP contribution in [0.25, 0.3) is 0 Å². The molecule has 228 valence electrons. The van der Waals surface area contributed by atoms with Crippen molar-refractivity contribution < 1.29 is 28.0 Å². The third-order valence-electron chi connectivity index (χ3n) is 6.77. The highest BCUT2D eigenvalue weighted by molar-refractivity contribution is 7.48. The van der Waals surface area contributed by atoms with Crippen molar-refractivity contribution >= 4 is 7.82 Å². The summed E-state index contributed by atoms with van der Waals surface area (Å²) in [5, 5.41) is 11.2. The highest BCUT2D eigenvalue weighted by atomic mass is 31.2. The quantitative estimate of drug-likeness (QED) is 0.115. The standard InChI is InChI=1S/C35H42NO6P/c1-3-22-36(23-4-2)25-33(37)32-20-21-34(35(24-32)39-26-29-14-8-5-9-15-29)42-43(38,40-27-30-16-10-6-11-17-30)41-28-31-18-12-7-13-19-31/h5-21,24,33,37H,3-4,22-23,25-28H2,1-2H3. The monoisotopic (exact) mass is 603 g/mol. The predicted molar refractivity (Wildman–Crippen MR) is 170 cm³/mol. The van der Waals surface area contributed by atoms with Crippen molar-refractivity contribution in [3.63, 3.8) is 0 Å². The van der Waals surface area contributed by atoms with Crippen molar-refractivity contribution in [2.24, 2.45) is 0 Å². The zero-order valence-corrected chi connectivity index (χ0v) is 25.9. The van der Waals surface area contributed by atoms with Crippen LogP contribution in [-0.2, 0) is 33.4 Å². The Labute approximate surface area is 255 Å². The molecule has 0 saturated heterocycles. The van der Waals surface area contributed by atoms with E-state index in [0.717, 1.165) is 42.6 Å². The molecule has 1 unspecified atom stereocenters. The summed E-state index contributed by atoms with van der Waals surface area (Å²) in [5.74, 6) is 0.542. The Kier molecular flexibility index (Phi) is 12.8. The minimum absolute atomic E-state index is 0.0363.